The second-order valence-corrected chi connectivity index (χ2v) is 14.2. The highest BCUT2D eigenvalue weighted by Crippen LogP contribution is 2.74. The highest BCUT2D eigenvalue weighted by atomic mass is 16.3. The lowest BCUT2D eigenvalue weighted by molar-refractivity contribution is -0.183. The molecule has 4 heteroatoms. The van der Waals surface area contributed by atoms with E-state index in [1.807, 2.05) is 26.0 Å². The highest BCUT2D eigenvalue weighted by molar-refractivity contribution is 6.04. The average Bonchev–Trinajstić information content (AvgIpc) is 2.81. The Hall–Kier alpha value is -1.73. The van der Waals surface area contributed by atoms with Crippen LogP contribution in [-0.4, -0.2) is 23.3 Å². The molecule has 3 saturated carbocycles. The van der Waals surface area contributed by atoms with Crippen molar-refractivity contribution in [3.05, 3.63) is 23.3 Å². The normalized spacial score (nSPS) is 50.5. The SMILES string of the molecule is C[C@@H]1[C@H]2[C@H]3C(=O)C=C4[C@@]5(C)C=C(C#N)C(=O)C(C)(C)[C@@H]5CC[C@@]4(C)[C@]3(C)CC[C@@]2(CO)CC[C@H]1C. The minimum atomic E-state index is -0.635. The van der Waals surface area contributed by atoms with Gasteiger partial charge >= 0.3 is 0 Å². The Bertz CT molecular complexity index is 1090. The van der Waals surface area contributed by atoms with Crippen molar-refractivity contribution in [3.8, 4) is 6.07 Å². The molecule has 0 aliphatic heterocycles. The molecule has 1 N–H and O–H groups in total. The highest BCUT2D eigenvalue weighted by Gasteiger charge is 2.70. The monoisotopic (exact) mass is 477 g/mol. The Balaban J connectivity index is 1.71. The first-order valence-corrected chi connectivity index (χ1v) is 13.8. The molecule has 0 heterocycles. The van der Waals surface area contributed by atoms with Crippen molar-refractivity contribution in [2.24, 2.45) is 56.7 Å². The first-order valence-electron chi connectivity index (χ1n) is 13.8. The number of nitrogens with zero attached hydrogens (tertiary/aromatic N) is 1. The summed E-state index contributed by atoms with van der Waals surface area (Å²) in [5, 5.41) is 20.5. The summed E-state index contributed by atoms with van der Waals surface area (Å²) in [7, 11) is 0. The minimum Gasteiger partial charge on any atom is -0.396 e. The van der Waals surface area contributed by atoms with Crippen molar-refractivity contribution in [2.75, 3.05) is 6.61 Å². The van der Waals surface area contributed by atoms with Gasteiger partial charge in [0.05, 0.1) is 5.57 Å². The molecule has 0 bridgehead atoms. The number of Topliss-reactive ketones (excluding diaryl/α,β-unsaturated/α-hetero) is 1. The zero-order valence-corrected chi connectivity index (χ0v) is 22.7. The van der Waals surface area contributed by atoms with Gasteiger partial charge in [0.1, 0.15) is 6.07 Å². The van der Waals surface area contributed by atoms with Gasteiger partial charge in [0.2, 0.25) is 0 Å². The summed E-state index contributed by atoms with van der Waals surface area (Å²) in [6.45, 7) is 15.7. The quantitative estimate of drug-likeness (QED) is 0.498. The van der Waals surface area contributed by atoms with E-state index in [0.717, 1.165) is 44.1 Å². The van der Waals surface area contributed by atoms with E-state index in [-0.39, 0.29) is 57.7 Å². The van der Waals surface area contributed by atoms with Crippen LogP contribution in [0.15, 0.2) is 23.3 Å². The third-order valence-electron chi connectivity index (χ3n) is 12.7. The van der Waals surface area contributed by atoms with Crippen molar-refractivity contribution >= 4 is 11.6 Å². The number of aliphatic hydroxyl groups excluding tert-OH is 1. The fourth-order valence-electron chi connectivity index (χ4n) is 10.3. The second-order valence-electron chi connectivity index (χ2n) is 14.2. The van der Waals surface area contributed by atoms with E-state index in [2.05, 4.69) is 40.7 Å². The van der Waals surface area contributed by atoms with Gasteiger partial charge in [0.15, 0.2) is 11.6 Å². The molecule has 0 aromatic rings. The summed E-state index contributed by atoms with van der Waals surface area (Å²) < 4.78 is 0. The van der Waals surface area contributed by atoms with E-state index in [0.29, 0.717) is 11.8 Å². The summed E-state index contributed by atoms with van der Waals surface area (Å²) >= 11 is 0. The fraction of sp³-hybridized carbons (Fsp3) is 0.774. The lowest BCUT2D eigenvalue weighted by Gasteiger charge is -2.69. The first kappa shape index (κ1) is 24.9. The zero-order chi connectivity index (χ0) is 25.8. The van der Waals surface area contributed by atoms with Gasteiger partial charge in [-0.2, -0.15) is 5.26 Å². The third kappa shape index (κ3) is 2.83. The van der Waals surface area contributed by atoms with Crippen molar-refractivity contribution < 1.29 is 14.7 Å². The van der Waals surface area contributed by atoms with Gasteiger partial charge in [0, 0.05) is 23.4 Å². The first-order chi connectivity index (χ1) is 16.2. The Morgan fingerprint density at radius 1 is 1.03 bits per heavy atom. The van der Waals surface area contributed by atoms with E-state index in [1.54, 1.807) is 0 Å². The number of hydrogen-bond acceptors (Lipinski definition) is 4. The molecule has 0 spiro atoms. The average molecular weight is 478 g/mol. The summed E-state index contributed by atoms with van der Waals surface area (Å²) in [4.78, 5) is 27.4. The van der Waals surface area contributed by atoms with Crippen LogP contribution in [0.1, 0.15) is 87.0 Å². The molecule has 3 fully saturated rings. The van der Waals surface area contributed by atoms with Crippen LogP contribution in [0.5, 0.6) is 0 Å². The van der Waals surface area contributed by atoms with Crippen LogP contribution >= 0.6 is 0 Å². The van der Waals surface area contributed by atoms with Gasteiger partial charge in [-0.1, -0.05) is 60.1 Å². The van der Waals surface area contributed by atoms with Gasteiger partial charge in [-0.3, -0.25) is 9.59 Å². The molecule has 0 unspecified atom stereocenters. The van der Waals surface area contributed by atoms with Crippen molar-refractivity contribution in [1.82, 2.24) is 0 Å². The number of hydrogen-bond donors (Lipinski definition) is 1. The van der Waals surface area contributed by atoms with E-state index >= 15 is 0 Å². The summed E-state index contributed by atoms with van der Waals surface area (Å²) in [6, 6.07) is 2.18. The molecule has 9 atom stereocenters. The van der Waals surface area contributed by atoms with Crippen LogP contribution in [0.25, 0.3) is 0 Å². The van der Waals surface area contributed by atoms with Crippen LogP contribution < -0.4 is 0 Å². The van der Waals surface area contributed by atoms with Gasteiger partial charge in [0.25, 0.3) is 0 Å². The molecule has 5 rings (SSSR count). The van der Waals surface area contributed by atoms with Gasteiger partial charge in [-0.15, -0.1) is 0 Å². The Morgan fingerprint density at radius 2 is 1.71 bits per heavy atom. The lowest BCUT2D eigenvalue weighted by atomic mass is 9.34. The van der Waals surface area contributed by atoms with Crippen LogP contribution in [-0.2, 0) is 9.59 Å². The molecule has 5 aliphatic rings. The maximum absolute atomic E-state index is 14.3. The molecule has 0 saturated heterocycles. The van der Waals surface area contributed by atoms with E-state index < -0.39 is 10.8 Å². The Labute approximate surface area is 211 Å². The predicted molar refractivity (Wildman–Crippen MR) is 136 cm³/mol. The maximum atomic E-state index is 14.3. The Kier molecular flexibility index (Phi) is 5.28. The van der Waals surface area contributed by atoms with E-state index in [4.69, 9.17) is 0 Å². The number of nitriles is 1. The molecule has 4 nitrogen and oxygen atoms in total. The number of ketones is 2. The van der Waals surface area contributed by atoms with Crippen molar-refractivity contribution in [3.63, 3.8) is 0 Å². The molecular weight excluding hydrogens is 434 g/mol. The molecule has 190 valence electrons. The molecule has 5 aliphatic carbocycles. The lowest BCUT2D eigenvalue weighted by Crippen LogP contribution is -2.66. The number of rotatable bonds is 1. The maximum Gasteiger partial charge on any atom is 0.178 e. The number of carbonyl (C=O) groups is 2. The van der Waals surface area contributed by atoms with Gasteiger partial charge < -0.3 is 5.11 Å². The topological polar surface area (TPSA) is 78.2 Å². The fourth-order valence-corrected chi connectivity index (χ4v) is 10.3. The van der Waals surface area contributed by atoms with Crippen molar-refractivity contribution in [2.45, 2.75) is 87.0 Å². The Morgan fingerprint density at radius 3 is 2.34 bits per heavy atom. The molecule has 0 radical (unpaired) electrons. The van der Waals surface area contributed by atoms with Crippen LogP contribution in [0.4, 0.5) is 0 Å². The molecular formula is C31H43NO3. The van der Waals surface area contributed by atoms with Crippen LogP contribution in [0, 0.1) is 68.0 Å². The standard InChI is InChI=1S/C31H43NO3/c1-18-8-11-31(17-33)13-12-30(7)25(24(31)19(18)2)21(34)14-23-28(5)15-20(16-32)26(35)27(3,4)22(28)9-10-29(23,30)6/h14-15,18-19,22,24-25,33H,8-13,17H2,1-7H3/t18-,19+,22+,24+,25-,28+,29-,30-,31-/m1/s1. The summed E-state index contributed by atoms with van der Waals surface area (Å²) in [6.07, 6.45) is 9.78. The third-order valence-corrected chi connectivity index (χ3v) is 12.7. The number of carbonyl (C=O) groups excluding carboxylic acids is 2. The van der Waals surface area contributed by atoms with Gasteiger partial charge in [-0.05, 0) is 84.5 Å². The summed E-state index contributed by atoms with van der Waals surface area (Å²) in [5.41, 5.74) is -0.279. The molecule has 0 amide bonds. The van der Waals surface area contributed by atoms with Crippen LogP contribution in [0.3, 0.4) is 0 Å². The smallest absolute Gasteiger partial charge is 0.178 e. The number of fused-ring (bicyclic) bond motifs is 7. The zero-order valence-electron chi connectivity index (χ0n) is 22.7. The van der Waals surface area contributed by atoms with Crippen molar-refractivity contribution in [1.29, 1.82) is 5.26 Å². The minimum absolute atomic E-state index is 0.0617. The number of aliphatic hydroxyl groups is 1. The van der Waals surface area contributed by atoms with Crippen LogP contribution in [0.2, 0.25) is 0 Å². The predicted octanol–water partition coefficient (Wildman–Crippen LogP) is 6.05. The molecule has 0 aromatic carbocycles. The molecule has 35 heavy (non-hydrogen) atoms. The number of allylic oxidation sites excluding steroid dienone is 4. The largest absolute Gasteiger partial charge is 0.396 e. The van der Waals surface area contributed by atoms with E-state index in [9.17, 15) is 20.0 Å². The molecule has 0 aromatic heterocycles. The van der Waals surface area contributed by atoms with E-state index in [1.165, 1.54) is 0 Å². The van der Waals surface area contributed by atoms with Gasteiger partial charge in [-0.25, -0.2) is 0 Å². The summed E-state index contributed by atoms with van der Waals surface area (Å²) in [5.74, 6) is 1.27. The second kappa shape index (κ2) is 7.41.